The third-order valence-corrected chi connectivity index (χ3v) is 4.30. The van der Waals surface area contributed by atoms with Crippen molar-refractivity contribution in [3.63, 3.8) is 0 Å². The van der Waals surface area contributed by atoms with Gasteiger partial charge in [-0.1, -0.05) is 66.2 Å². The second kappa shape index (κ2) is 5.88. The summed E-state index contributed by atoms with van der Waals surface area (Å²) in [5.41, 5.74) is 9.74. The zero-order valence-electron chi connectivity index (χ0n) is 12.0. The van der Waals surface area contributed by atoms with E-state index in [9.17, 15) is 0 Å². The fourth-order valence-electron chi connectivity index (χ4n) is 2.58. The lowest BCUT2D eigenvalue weighted by atomic mass is 9.97. The van der Waals surface area contributed by atoms with Crippen molar-refractivity contribution in [2.75, 3.05) is 0 Å². The molecule has 0 spiro atoms. The van der Waals surface area contributed by atoms with Gasteiger partial charge in [-0.25, -0.2) is 0 Å². The van der Waals surface area contributed by atoms with Crippen molar-refractivity contribution in [2.45, 2.75) is 19.4 Å². The van der Waals surface area contributed by atoms with Gasteiger partial charge in [-0.2, -0.15) is 0 Å². The minimum Gasteiger partial charge on any atom is -0.324 e. The van der Waals surface area contributed by atoms with Gasteiger partial charge in [0.05, 0.1) is 0 Å². The lowest BCUT2D eigenvalue weighted by Gasteiger charge is -2.14. The average Bonchev–Trinajstić information content (AvgIpc) is 2.50. The first-order chi connectivity index (χ1) is 10.1. The highest BCUT2D eigenvalue weighted by Gasteiger charge is 2.09. The van der Waals surface area contributed by atoms with Crippen molar-refractivity contribution < 1.29 is 0 Å². The number of benzene rings is 3. The molecular weight excluding hydrogens is 278 g/mol. The number of rotatable bonds is 3. The highest BCUT2D eigenvalue weighted by molar-refractivity contribution is 6.31. The molecule has 1 atom stereocenters. The van der Waals surface area contributed by atoms with Gasteiger partial charge < -0.3 is 5.73 Å². The molecule has 3 aromatic carbocycles. The van der Waals surface area contributed by atoms with Gasteiger partial charge in [0.1, 0.15) is 0 Å². The molecule has 0 radical (unpaired) electrons. The van der Waals surface area contributed by atoms with E-state index in [1.54, 1.807) is 0 Å². The molecule has 3 rings (SSSR count). The van der Waals surface area contributed by atoms with Crippen LogP contribution in [0, 0.1) is 6.92 Å². The summed E-state index contributed by atoms with van der Waals surface area (Å²) in [6, 6.07) is 20.9. The van der Waals surface area contributed by atoms with Gasteiger partial charge in [0, 0.05) is 11.1 Å². The normalized spacial score (nSPS) is 12.5. The summed E-state index contributed by atoms with van der Waals surface area (Å²) in [5, 5.41) is 3.29. The fourth-order valence-corrected chi connectivity index (χ4v) is 2.77. The van der Waals surface area contributed by atoms with Crippen LogP contribution in [0.3, 0.4) is 0 Å². The van der Waals surface area contributed by atoms with Crippen LogP contribution in [-0.2, 0) is 6.42 Å². The molecule has 0 saturated heterocycles. The molecule has 0 amide bonds. The van der Waals surface area contributed by atoms with Crippen molar-refractivity contribution >= 4 is 22.4 Å². The van der Waals surface area contributed by atoms with Crippen LogP contribution in [0.1, 0.15) is 22.7 Å². The molecule has 0 aromatic heterocycles. The first kappa shape index (κ1) is 14.1. The predicted octanol–water partition coefficient (Wildman–Crippen LogP) is 5.04. The first-order valence-electron chi connectivity index (χ1n) is 7.13. The maximum atomic E-state index is 6.33. The quantitative estimate of drug-likeness (QED) is 0.719. The Labute approximate surface area is 130 Å². The van der Waals surface area contributed by atoms with Gasteiger partial charge in [0.2, 0.25) is 0 Å². The van der Waals surface area contributed by atoms with E-state index >= 15 is 0 Å². The Kier molecular flexibility index (Phi) is 3.96. The molecule has 3 aromatic rings. The van der Waals surface area contributed by atoms with Gasteiger partial charge >= 0.3 is 0 Å². The lowest BCUT2D eigenvalue weighted by Crippen LogP contribution is -2.13. The summed E-state index contributed by atoms with van der Waals surface area (Å²) >= 11 is 6.18. The topological polar surface area (TPSA) is 26.0 Å². The molecule has 0 aliphatic carbocycles. The Hall–Kier alpha value is -1.83. The zero-order valence-corrected chi connectivity index (χ0v) is 12.8. The summed E-state index contributed by atoms with van der Waals surface area (Å²) in [6.45, 7) is 2.00. The maximum Gasteiger partial charge on any atom is 0.0438 e. The predicted molar refractivity (Wildman–Crippen MR) is 90.8 cm³/mol. The molecule has 0 fully saturated rings. The molecular formula is C19H18ClN. The van der Waals surface area contributed by atoms with Crippen LogP contribution in [0.2, 0.25) is 5.02 Å². The molecule has 106 valence electrons. The van der Waals surface area contributed by atoms with Gasteiger partial charge in [-0.3, -0.25) is 0 Å². The number of hydrogen-bond acceptors (Lipinski definition) is 1. The maximum absolute atomic E-state index is 6.33. The SMILES string of the molecule is Cc1ccc(C(N)Cc2ccc3ccccc3c2)cc1Cl. The van der Waals surface area contributed by atoms with Gasteiger partial charge in [0.15, 0.2) is 0 Å². The number of nitrogens with two attached hydrogens (primary N) is 1. The van der Waals surface area contributed by atoms with Crippen LogP contribution in [0.15, 0.2) is 60.7 Å². The van der Waals surface area contributed by atoms with Crippen molar-refractivity contribution in [1.82, 2.24) is 0 Å². The van der Waals surface area contributed by atoms with Gasteiger partial charge in [-0.05, 0) is 46.9 Å². The molecule has 1 nitrogen and oxygen atoms in total. The first-order valence-corrected chi connectivity index (χ1v) is 7.50. The molecule has 0 bridgehead atoms. The fraction of sp³-hybridized carbons (Fsp3) is 0.158. The minimum absolute atomic E-state index is 0.0377. The average molecular weight is 296 g/mol. The smallest absolute Gasteiger partial charge is 0.0438 e. The Morgan fingerprint density at radius 1 is 0.952 bits per heavy atom. The van der Waals surface area contributed by atoms with E-state index in [-0.39, 0.29) is 6.04 Å². The number of halogens is 1. The van der Waals surface area contributed by atoms with Crippen molar-refractivity contribution in [3.05, 3.63) is 82.4 Å². The zero-order chi connectivity index (χ0) is 14.8. The van der Waals surface area contributed by atoms with Crippen LogP contribution in [0.4, 0.5) is 0 Å². The van der Waals surface area contributed by atoms with Crippen LogP contribution in [0.25, 0.3) is 10.8 Å². The largest absolute Gasteiger partial charge is 0.324 e. The van der Waals surface area contributed by atoms with Crippen molar-refractivity contribution in [1.29, 1.82) is 0 Å². The Bertz CT molecular complexity index is 779. The molecule has 1 unspecified atom stereocenters. The molecule has 0 aliphatic heterocycles. The molecule has 2 N–H and O–H groups in total. The summed E-state index contributed by atoms with van der Waals surface area (Å²) < 4.78 is 0. The van der Waals surface area contributed by atoms with E-state index in [1.807, 2.05) is 19.1 Å². The van der Waals surface area contributed by atoms with E-state index < -0.39 is 0 Å². The van der Waals surface area contributed by atoms with Crippen molar-refractivity contribution in [3.8, 4) is 0 Å². The monoisotopic (exact) mass is 295 g/mol. The Morgan fingerprint density at radius 3 is 2.48 bits per heavy atom. The summed E-state index contributed by atoms with van der Waals surface area (Å²) in [5.74, 6) is 0. The Balaban J connectivity index is 1.85. The van der Waals surface area contributed by atoms with Gasteiger partial charge in [0.25, 0.3) is 0 Å². The third-order valence-electron chi connectivity index (χ3n) is 3.89. The second-order valence-corrected chi connectivity index (χ2v) is 5.91. The molecule has 21 heavy (non-hydrogen) atoms. The van der Waals surface area contributed by atoms with Crippen molar-refractivity contribution in [2.24, 2.45) is 5.73 Å². The van der Waals surface area contributed by atoms with Crippen LogP contribution >= 0.6 is 11.6 Å². The molecule has 2 heteroatoms. The van der Waals surface area contributed by atoms with E-state index in [2.05, 4.69) is 48.5 Å². The minimum atomic E-state index is -0.0377. The Morgan fingerprint density at radius 2 is 1.71 bits per heavy atom. The highest BCUT2D eigenvalue weighted by Crippen LogP contribution is 2.24. The van der Waals surface area contributed by atoms with E-state index in [0.29, 0.717) is 0 Å². The molecule has 0 heterocycles. The summed E-state index contributed by atoms with van der Waals surface area (Å²) in [4.78, 5) is 0. The van der Waals surface area contributed by atoms with Crippen LogP contribution < -0.4 is 5.73 Å². The van der Waals surface area contributed by atoms with Crippen LogP contribution in [0.5, 0.6) is 0 Å². The lowest BCUT2D eigenvalue weighted by molar-refractivity contribution is 0.722. The van der Waals surface area contributed by atoms with E-state index in [1.165, 1.54) is 16.3 Å². The highest BCUT2D eigenvalue weighted by atomic mass is 35.5. The molecule has 0 aliphatic rings. The standard InChI is InChI=1S/C19H18ClN/c1-13-6-8-17(12-18(13)20)19(21)11-14-7-9-15-4-2-3-5-16(15)10-14/h2-10,12,19H,11,21H2,1H3. The van der Waals surface area contributed by atoms with E-state index in [0.717, 1.165) is 22.6 Å². The number of hydrogen-bond donors (Lipinski definition) is 1. The second-order valence-electron chi connectivity index (χ2n) is 5.50. The number of aryl methyl sites for hydroxylation is 1. The third kappa shape index (κ3) is 3.10. The van der Waals surface area contributed by atoms with E-state index in [4.69, 9.17) is 17.3 Å². The van der Waals surface area contributed by atoms with Crippen LogP contribution in [-0.4, -0.2) is 0 Å². The molecule has 0 saturated carbocycles. The number of fused-ring (bicyclic) bond motifs is 1. The summed E-state index contributed by atoms with van der Waals surface area (Å²) in [7, 11) is 0. The van der Waals surface area contributed by atoms with Gasteiger partial charge in [-0.15, -0.1) is 0 Å². The summed E-state index contributed by atoms with van der Waals surface area (Å²) in [6.07, 6.45) is 0.810.